The second-order valence-corrected chi connectivity index (χ2v) is 10.1. The lowest BCUT2D eigenvalue weighted by Gasteiger charge is -2.10. The first-order chi connectivity index (χ1) is 16.5. The second kappa shape index (κ2) is 9.44. The molecular formula is C25H23N5O2S2. The van der Waals surface area contributed by atoms with E-state index in [2.05, 4.69) is 27.1 Å². The van der Waals surface area contributed by atoms with E-state index in [-0.39, 0.29) is 17.2 Å². The standard InChI is InChI=1S/C25H23N5O2S2/c1-16-17(2)34-23-22(16)24(32)30(15-26-23)28-21(31)14-33-25-27-19-10-6-7-11-20(19)29(25)13-12-18-8-4-3-5-9-18/h3-11,15H,12-14H2,1-2H3,(H,28,31). The fourth-order valence-electron chi connectivity index (χ4n) is 3.88. The number of benzene rings is 2. The number of thioether (sulfide) groups is 1. The summed E-state index contributed by atoms with van der Waals surface area (Å²) in [6, 6.07) is 18.3. The molecule has 3 heterocycles. The van der Waals surface area contributed by atoms with Gasteiger partial charge in [0, 0.05) is 11.4 Å². The summed E-state index contributed by atoms with van der Waals surface area (Å²) in [5.74, 6) is -0.166. The summed E-state index contributed by atoms with van der Waals surface area (Å²) in [6.45, 7) is 4.62. The topological polar surface area (TPSA) is 81.8 Å². The summed E-state index contributed by atoms with van der Waals surface area (Å²) in [7, 11) is 0. The van der Waals surface area contributed by atoms with Crippen molar-refractivity contribution in [2.24, 2.45) is 0 Å². The van der Waals surface area contributed by atoms with Gasteiger partial charge in [-0.25, -0.2) is 14.6 Å². The molecule has 9 heteroatoms. The van der Waals surface area contributed by atoms with Crippen molar-refractivity contribution in [3.63, 3.8) is 0 Å². The smallest absolute Gasteiger partial charge is 0.281 e. The summed E-state index contributed by atoms with van der Waals surface area (Å²) in [4.78, 5) is 36.4. The summed E-state index contributed by atoms with van der Waals surface area (Å²) in [5, 5.41) is 1.33. The van der Waals surface area contributed by atoms with E-state index in [1.165, 1.54) is 39.7 Å². The Labute approximate surface area is 204 Å². The van der Waals surface area contributed by atoms with Crippen LogP contribution < -0.4 is 11.0 Å². The Balaban J connectivity index is 1.33. The third-order valence-electron chi connectivity index (χ3n) is 5.75. The average molecular weight is 490 g/mol. The quantitative estimate of drug-likeness (QED) is 0.340. The summed E-state index contributed by atoms with van der Waals surface area (Å²) in [6.07, 6.45) is 2.24. The minimum atomic E-state index is -0.292. The van der Waals surface area contributed by atoms with Gasteiger partial charge < -0.3 is 4.57 Å². The maximum absolute atomic E-state index is 12.9. The first kappa shape index (κ1) is 22.4. The molecule has 0 bridgehead atoms. The highest BCUT2D eigenvalue weighted by atomic mass is 32.2. The zero-order valence-corrected chi connectivity index (χ0v) is 20.4. The highest BCUT2D eigenvalue weighted by Gasteiger charge is 2.16. The lowest BCUT2D eigenvalue weighted by molar-refractivity contribution is -0.114. The molecule has 0 spiro atoms. The van der Waals surface area contributed by atoms with Crippen LogP contribution in [0.15, 0.2) is 70.9 Å². The minimum absolute atomic E-state index is 0.126. The lowest BCUT2D eigenvalue weighted by atomic mass is 10.1. The number of nitrogens with zero attached hydrogens (tertiary/aromatic N) is 4. The molecule has 7 nitrogen and oxygen atoms in total. The van der Waals surface area contributed by atoms with Crippen molar-refractivity contribution in [1.29, 1.82) is 0 Å². The molecule has 1 amide bonds. The number of amides is 1. The number of carbonyl (C=O) groups excluding carboxylic acids is 1. The number of imidazole rings is 1. The van der Waals surface area contributed by atoms with E-state index < -0.39 is 0 Å². The first-order valence-corrected chi connectivity index (χ1v) is 12.7. The minimum Gasteiger partial charge on any atom is -0.319 e. The van der Waals surface area contributed by atoms with Gasteiger partial charge in [0.15, 0.2) is 5.16 Å². The molecule has 1 N–H and O–H groups in total. The van der Waals surface area contributed by atoms with Crippen molar-refractivity contribution in [3.05, 3.63) is 87.3 Å². The van der Waals surface area contributed by atoms with Gasteiger partial charge in [-0.15, -0.1) is 11.3 Å². The number of para-hydroxylation sites is 2. The van der Waals surface area contributed by atoms with Gasteiger partial charge in [0.25, 0.3) is 5.56 Å². The van der Waals surface area contributed by atoms with Crippen molar-refractivity contribution in [3.8, 4) is 0 Å². The van der Waals surface area contributed by atoms with Gasteiger partial charge in [0.1, 0.15) is 11.2 Å². The average Bonchev–Trinajstić information content (AvgIpc) is 3.35. The molecule has 0 saturated carbocycles. The van der Waals surface area contributed by atoms with Gasteiger partial charge in [0.2, 0.25) is 5.91 Å². The molecule has 0 fully saturated rings. The number of aryl methyl sites for hydroxylation is 4. The van der Waals surface area contributed by atoms with E-state index in [9.17, 15) is 9.59 Å². The van der Waals surface area contributed by atoms with Crippen LogP contribution in [0.25, 0.3) is 21.3 Å². The normalized spacial score (nSPS) is 11.4. The predicted octanol–water partition coefficient (Wildman–Crippen LogP) is 4.53. The summed E-state index contributed by atoms with van der Waals surface area (Å²) < 4.78 is 3.32. The molecule has 0 aliphatic rings. The Morgan fingerprint density at radius 3 is 2.68 bits per heavy atom. The SMILES string of the molecule is Cc1sc2ncn(NC(=O)CSc3nc4ccccc4n3CCc3ccccc3)c(=O)c2c1C. The predicted molar refractivity (Wildman–Crippen MR) is 138 cm³/mol. The molecule has 172 valence electrons. The van der Waals surface area contributed by atoms with Crippen LogP contribution in [-0.2, 0) is 17.8 Å². The van der Waals surface area contributed by atoms with Crippen LogP contribution in [0.4, 0.5) is 0 Å². The molecule has 0 atom stereocenters. The Morgan fingerprint density at radius 2 is 1.85 bits per heavy atom. The Bertz CT molecular complexity index is 1550. The molecule has 0 aliphatic carbocycles. The highest BCUT2D eigenvalue weighted by Crippen LogP contribution is 2.26. The number of rotatable bonds is 7. The van der Waals surface area contributed by atoms with Crippen molar-refractivity contribution in [2.45, 2.75) is 32.0 Å². The number of carbonyl (C=O) groups is 1. The van der Waals surface area contributed by atoms with Crippen LogP contribution in [0.1, 0.15) is 16.0 Å². The van der Waals surface area contributed by atoms with Gasteiger partial charge in [-0.2, -0.15) is 0 Å². The van der Waals surface area contributed by atoms with Crippen molar-refractivity contribution < 1.29 is 4.79 Å². The van der Waals surface area contributed by atoms with Gasteiger partial charge in [0.05, 0.1) is 22.2 Å². The highest BCUT2D eigenvalue weighted by molar-refractivity contribution is 7.99. The number of fused-ring (bicyclic) bond motifs is 2. The molecule has 34 heavy (non-hydrogen) atoms. The first-order valence-electron chi connectivity index (χ1n) is 10.9. The van der Waals surface area contributed by atoms with Crippen LogP contribution in [0, 0.1) is 13.8 Å². The molecular weight excluding hydrogens is 466 g/mol. The molecule has 5 aromatic rings. The number of thiophene rings is 1. The molecule has 0 saturated heterocycles. The number of nitrogens with one attached hydrogen (secondary N) is 1. The number of hydrogen-bond donors (Lipinski definition) is 1. The maximum atomic E-state index is 12.9. The van der Waals surface area contributed by atoms with E-state index >= 15 is 0 Å². The molecule has 0 radical (unpaired) electrons. The zero-order chi connectivity index (χ0) is 23.7. The Morgan fingerprint density at radius 1 is 1.09 bits per heavy atom. The van der Waals surface area contributed by atoms with E-state index in [1.54, 1.807) is 0 Å². The number of aromatic nitrogens is 4. The fourth-order valence-corrected chi connectivity index (χ4v) is 5.70. The fraction of sp³-hybridized carbons (Fsp3) is 0.200. The van der Waals surface area contributed by atoms with Gasteiger partial charge in [-0.3, -0.25) is 15.0 Å². The monoisotopic (exact) mass is 489 g/mol. The summed E-state index contributed by atoms with van der Waals surface area (Å²) in [5.41, 5.74) is 6.49. The van der Waals surface area contributed by atoms with E-state index in [1.807, 2.05) is 56.3 Å². The summed E-state index contributed by atoms with van der Waals surface area (Å²) >= 11 is 2.84. The molecule has 2 aromatic carbocycles. The van der Waals surface area contributed by atoms with E-state index in [0.717, 1.165) is 39.6 Å². The van der Waals surface area contributed by atoms with Crippen LogP contribution in [0.2, 0.25) is 0 Å². The molecule has 5 rings (SSSR count). The Hall–Kier alpha value is -3.43. The molecule has 0 aliphatic heterocycles. The maximum Gasteiger partial charge on any atom is 0.281 e. The van der Waals surface area contributed by atoms with Gasteiger partial charge >= 0.3 is 0 Å². The number of hydrogen-bond acceptors (Lipinski definition) is 6. The molecule has 0 unspecified atom stereocenters. The van der Waals surface area contributed by atoms with E-state index in [0.29, 0.717) is 10.2 Å². The van der Waals surface area contributed by atoms with Crippen molar-refractivity contribution in [1.82, 2.24) is 19.2 Å². The van der Waals surface area contributed by atoms with Crippen LogP contribution >= 0.6 is 23.1 Å². The largest absolute Gasteiger partial charge is 0.319 e. The van der Waals surface area contributed by atoms with Crippen molar-refractivity contribution in [2.75, 3.05) is 11.2 Å². The Kier molecular flexibility index (Phi) is 6.21. The van der Waals surface area contributed by atoms with Gasteiger partial charge in [-0.05, 0) is 43.5 Å². The van der Waals surface area contributed by atoms with Crippen LogP contribution in [0.5, 0.6) is 0 Å². The van der Waals surface area contributed by atoms with Gasteiger partial charge in [-0.1, -0.05) is 54.2 Å². The lowest BCUT2D eigenvalue weighted by Crippen LogP contribution is -2.34. The van der Waals surface area contributed by atoms with Crippen LogP contribution in [-0.4, -0.2) is 30.9 Å². The third kappa shape index (κ3) is 4.36. The van der Waals surface area contributed by atoms with Crippen molar-refractivity contribution >= 4 is 50.3 Å². The molecule has 3 aromatic heterocycles. The van der Waals surface area contributed by atoms with Crippen LogP contribution in [0.3, 0.4) is 0 Å². The van der Waals surface area contributed by atoms with E-state index in [4.69, 9.17) is 4.98 Å². The third-order valence-corrected chi connectivity index (χ3v) is 7.85. The second-order valence-electron chi connectivity index (χ2n) is 7.98. The zero-order valence-electron chi connectivity index (χ0n) is 18.8.